The Bertz CT molecular complexity index is 433. The van der Waals surface area contributed by atoms with Gasteiger partial charge >= 0.3 is 0 Å². The molecule has 1 aliphatic heterocycles. The molecule has 1 fully saturated rings. The van der Waals surface area contributed by atoms with Gasteiger partial charge in [0.2, 0.25) is 0 Å². The predicted octanol–water partition coefficient (Wildman–Crippen LogP) is 3.66. The fourth-order valence-electron chi connectivity index (χ4n) is 2.88. The molecule has 0 aromatic heterocycles. The Balaban J connectivity index is 1.91. The number of piperidine rings is 1. The molecular weight excluding hydrogens is 241 g/mol. The van der Waals surface area contributed by atoms with Gasteiger partial charge < -0.3 is 0 Å². The van der Waals surface area contributed by atoms with Crippen molar-refractivity contribution in [2.24, 2.45) is 0 Å². The van der Waals surface area contributed by atoms with Gasteiger partial charge in [-0.2, -0.15) is 0 Å². The normalized spacial score (nSPS) is 20.4. The zero-order valence-corrected chi connectivity index (χ0v) is 11.6. The molecule has 1 unspecified atom stereocenters. The molecule has 0 aliphatic carbocycles. The number of ketones is 1. The molecule has 2 rings (SSSR count). The Labute approximate surface area is 114 Å². The Hall–Kier alpha value is -1.22. The first-order chi connectivity index (χ1) is 9.22. The lowest BCUT2D eigenvalue weighted by Crippen LogP contribution is -2.40. The van der Waals surface area contributed by atoms with Gasteiger partial charge in [0.1, 0.15) is 5.82 Å². The van der Waals surface area contributed by atoms with Gasteiger partial charge in [-0.3, -0.25) is 9.69 Å². The van der Waals surface area contributed by atoms with Gasteiger partial charge in [-0.1, -0.05) is 25.5 Å². The monoisotopic (exact) mass is 263 g/mol. The summed E-state index contributed by atoms with van der Waals surface area (Å²) in [6, 6.07) is 6.85. The number of benzene rings is 1. The van der Waals surface area contributed by atoms with Gasteiger partial charge in [0.25, 0.3) is 0 Å². The lowest BCUT2D eigenvalue weighted by Gasteiger charge is -2.35. The molecule has 0 saturated carbocycles. The molecule has 1 atom stereocenters. The second-order valence-electron chi connectivity index (χ2n) is 5.25. The van der Waals surface area contributed by atoms with Crippen molar-refractivity contribution in [3.05, 3.63) is 35.6 Å². The smallest absolute Gasteiger partial charge is 0.167 e. The number of hydrogen-bond donors (Lipinski definition) is 0. The third-order valence-electron chi connectivity index (χ3n) is 4.02. The molecule has 1 aromatic carbocycles. The molecule has 2 nitrogen and oxygen atoms in total. The fraction of sp³-hybridized carbons (Fsp3) is 0.562. The van der Waals surface area contributed by atoms with Crippen LogP contribution in [0, 0.1) is 5.82 Å². The summed E-state index contributed by atoms with van der Waals surface area (Å²) in [5, 5.41) is 0. The molecule has 1 aromatic rings. The average Bonchev–Trinajstić information content (AvgIpc) is 2.45. The van der Waals surface area contributed by atoms with Crippen molar-refractivity contribution in [2.75, 3.05) is 13.1 Å². The van der Waals surface area contributed by atoms with E-state index in [0.717, 1.165) is 19.5 Å². The van der Waals surface area contributed by atoms with Crippen LogP contribution in [0.2, 0.25) is 0 Å². The quantitative estimate of drug-likeness (QED) is 0.756. The first-order valence-corrected chi connectivity index (χ1v) is 7.24. The summed E-state index contributed by atoms with van der Waals surface area (Å²) < 4.78 is 13.5. The molecule has 1 heterocycles. The number of Topliss-reactive ketones (excluding diaryl/α,β-unsaturated/α-hetero) is 1. The summed E-state index contributed by atoms with van der Waals surface area (Å²) in [6.45, 7) is 4.02. The largest absolute Gasteiger partial charge is 0.300 e. The topological polar surface area (TPSA) is 20.3 Å². The number of hydrogen-bond acceptors (Lipinski definition) is 2. The molecule has 104 valence electrons. The molecule has 0 radical (unpaired) electrons. The lowest BCUT2D eigenvalue weighted by atomic mass is 9.99. The zero-order chi connectivity index (χ0) is 13.7. The second kappa shape index (κ2) is 6.80. The number of halogens is 1. The van der Waals surface area contributed by atoms with Gasteiger partial charge in [0, 0.05) is 19.0 Å². The highest BCUT2D eigenvalue weighted by Crippen LogP contribution is 2.20. The predicted molar refractivity (Wildman–Crippen MR) is 74.9 cm³/mol. The van der Waals surface area contributed by atoms with Gasteiger partial charge in [0.05, 0.1) is 5.56 Å². The van der Waals surface area contributed by atoms with Gasteiger partial charge in [0.15, 0.2) is 5.78 Å². The first kappa shape index (κ1) is 14.2. The summed E-state index contributed by atoms with van der Waals surface area (Å²) in [5.74, 6) is -0.489. The van der Waals surface area contributed by atoms with Crippen LogP contribution in [0.5, 0.6) is 0 Å². The Morgan fingerprint density at radius 2 is 2.16 bits per heavy atom. The lowest BCUT2D eigenvalue weighted by molar-refractivity contribution is 0.0919. The standard InChI is InChI=1S/C16H22FNO/c1-2-13-7-5-6-11-18(13)12-10-16(19)14-8-3-4-9-15(14)17/h3-4,8-9,13H,2,5-7,10-12H2,1H3. The van der Waals surface area contributed by atoms with Crippen molar-refractivity contribution in [3.8, 4) is 0 Å². The van der Waals surface area contributed by atoms with Crippen LogP contribution in [-0.4, -0.2) is 29.8 Å². The Morgan fingerprint density at radius 1 is 1.37 bits per heavy atom. The number of nitrogens with zero attached hydrogens (tertiary/aromatic N) is 1. The molecule has 19 heavy (non-hydrogen) atoms. The van der Waals surface area contributed by atoms with E-state index in [4.69, 9.17) is 0 Å². The van der Waals surface area contributed by atoms with E-state index < -0.39 is 5.82 Å². The van der Waals surface area contributed by atoms with Gasteiger partial charge in [-0.05, 0) is 37.9 Å². The van der Waals surface area contributed by atoms with Crippen molar-refractivity contribution in [2.45, 2.75) is 45.1 Å². The maximum Gasteiger partial charge on any atom is 0.167 e. The minimum atomic E-state index is -0.404. The fourth-order valence-corrected chi connectivity index (χ4v) is 2.88. The van der Waals surface area contributed by atoms with E-state index in [1.54, 1.807) is 18.2 Å². The second-order valence-corrected chi connectivity index (χ2v) is 5.25. The first-order valence-electron chi connectivity index (χ1n) is 7.24. The maximum atomic E-state index is 13.5. The van der Waals surface area contributed by atoms with E-state index in [1.807, 2.05) is 0 Å². The molecule has 3 heteroatoms. The highest BCUT2D eigenvalue weighted by Gasteiger charge is 2.21. The van der Waals surface area contributed by atoms with Crippen LogP contribution in [0.15, 0.2) is 24.3 Å². The Morgan fingerprint density at radius 3 is 2.89 bits per heavy atom. The summed E-state index contributed by atoms with van der Waals surface area (Å²) in [4.78, 5) is 14.4. The van der Waals surface area contributed by atoms with Crippen LogP contribution in [0.4, 0.5) is 4.39 Å². The van der Waals surface area contributed by atoms with Crippen molar-refractivity contribution < 1.29 is 9.18 Å². The van der Waals surface area contributed by atoms with Crippen LogP contribution in [0.25, 0.3) is 0 Å². The zero-order valence-electron chi connectivity index (χ0n) is 11.6. The molecule has 1 aliphatic rings. The van der Waals surface area contributed by atoms with E-state index >= 15 is 0 Å². The van der Waals surface area contributed by atoms with Gasteiger partial charge in [-0.25, -0.2) is 4.39 Å². The summed E-state index contributed by atoms with van der Waals surface area (Å²) >= 11 is 0. The van der Waals surface area contributed by atoms with Crippen LogP contribution < -0.4 is 0 Å². The third kappa shape index (κ3) is 3.63. The number of likely N-dealkylation sites (tertiary alicyclic amines) is 1. The summed E-state index contributed by atoms with van der Waals surface area (Å²) in [6.07, 6.45) is 5.27. The van der Waals surface area contributed by atoms with E-state index in [-0.39, 0.29) is 11.3 Å². The molecule has 0 bridgehead atoms. The number of carbonyl (C=O) groups excluding carboxylic acids is 1. The van der Waals surface area contributed by atoms with Crippen LogP contribution >= 0.6 is 0 Å². The molecule has 0 N–H and O–H groups in total. The SMILES string of the molecule is CCC1CCCCN1CCC(=O)c1ccccc1F. The highest BCUT2D eigenvalue weighted by atomic mass is 19.1. The van der Waals surface area contributed by atoms with E-state index in [9.17, 15) is 9.18 Å². The van der Waals surface area contributed by atoms with Gasteiger partial charge in [-0.15, -0.1) is 0 Å². The van der Waals surface area contributed by atoms with Crippen LogP contribution in [0.1, 0.15) is 49.4 Å². The van der Waals surface area contributed by atoms with E-state index in [0.29, 0.717) is 12.5 Å². The van der Waals surface area contributed by atoms with E-state index in [1.165, 1.54) is 25.3 Å². The van der Waals surface area contributed by atoms with Crippen LogP contribution in [-0.2, 0) is 0 Å². The summed E-state index contributed by atoms with van der Waals surface area (Å²) in [7, 11) is 0. The minimum Gasteiger partial charge on any atom is -0.300 e. The summed E-state index contributed by atoms with van der Waals surface area (Å²) in [5.41, 5.74) is 0.229. The van der Waals surface area contributed by atoms with Crippen molar-refractivity contribution in [3.63, 3.8) is 0 Å². The van der Waals surface area contributed by atoms with Crippen molar-refractivity contribution in [1.82, 2.24) is 4.90 Å². The van der Waals surface area contributed by atoms with Crippen molar-refractivity contribution in [1.29, 1.82) is 0 Å². The van der Waals surface area contributed by atoms with E-state index in [2.05, 4.69) is 11.8 Å². The molecular formula is C16H22FNO. The third-order valence-corrected chi connectivity index (χ3v) is 4.02. The minimum absolute atomic E-state index is 0.0847. The maximum absolute atomic E-state index is 13.5. The number of rotatable bonds is 5. The molecule has 0 spiro atoms. The van der Waals surface area contributed by atoms with Crippen LogP contribution in [0.3, 0.4) is 0 Å². The average molecular weight is 263 g/mol. The number of carbonyl (C=O) groups is 1. The van der Waals surface area contributed by atoms with Crippen molar-refractivity contribution >= 4 is 5.78 Å². The molecule has 1 saturated heterocycles. The molecule has 0 amide bonds. The Kier molecular flexibility index (Phi) is 5.08. The highest BCUT2D eigenvalue weighted by molar-refractivity contribution is 5.96.